The number of nitrogens with one attached hydrogen (secondary N) is 2. The second-order valence-corrected chi connectivity index (χ2v) is 10.6. The number of nitrogens with zero attached hydrogens (tertiary/aromatic N) is 2. The first-order chi connectivity index (χ1) is 18.8. The number of amides is 3. The number of aromatic nitrogens is 1. The van der Waals surface area contributed by atoms with Gasteiger partial charge in [-0.15, -0.1) is 0 Å². The lowest BCUT2D eigenvalue weighted by molar-refractivity contribution is -0.127. The van der Waals surface area contributed by atoms with Crippen LogP contribution in [-0.4, -0.2) is 28.7 Å². The van der Waals surface area contributed by atoms with Crippen LogP contribution >= 0.6 is 11.6 Å². The number of hydrogen-bond acceptors (Lipinski definition) is 4. The number of benzene rings is 2. The van der Waals surface area contributed by atoms with E-state index in [4.69, 9.17) is 11.6 Å². The molecule has 0 aliphatic heterocycles. The Labute approximate surface area is 235 Å². The standard InChI is InChI=1S/C31H35ClN4O3/c1-21-13-18-26(22(2)20-21)36(29(38)12-7-11-28(37)35-27-10-5-6-19-33-27)30(23-14-16-24(32)17-15-23)31(39)34-25-8-3-4-9-25/h5-6,10,13-20,25,30H,3-4,7-9,11-12H2,1-2H3,(H,34,39)(H,33,35,37). The summed E-state index contributed by atoms with van der Waals surface area (Å²) in [5.41, 5.74) is 3.30. The first-order valence-electron chi connectivity index (χ1n) is 13.5. The van der Waals surface area contributed by atoms with Gasteiger partial charge in [0.2, 0.25) is 17.7 Å². The van der Waals surface area contributed by atoms with E-state index in [1.807, 2.05) is 32.0 Å². The Morgan fingerprint density at radius 2 is 1.74 bits per heavy atom. The Hall–Kier alpha value is -3.71. The Morgan fingerprint density at radius 3 is 2.41 bits per heavy atom. The van der Waals surface area contributed by atoms with Gasteiger partial charge in [-0.05, 0) is 74.6 Å². The van der Waals surface area contributed by atoms with E-state index >= 15 is 0 Å². The van der Waals surface area contributed by atoms with Crippen molar-refractivity contribution in [2.45, 2.75) is 70.9 Å². The van der Waals surface area contributed by atoms with Crippen molar-refractivity contribution in [1.29, 1.82) is 0 Å². The zero-order valence-corrected chi connectivity index (χ0v) is 23.2. The minimum Gasteiger partial charge on any atom is -0.351 e. The first kappa shape index (κ1) is 28.3. The van der Waals surface area contributed by atoms with E-state index in [1.54, 1.807) is 53.6 Å². The van der Waals surface area contributed by atoms with E-state index in [-0.39, 0.29) is 36.6 Å². The van der Waals surface area contributed by atoms with Gasteiger partial charge in [0.15, 0.2) is 0 Å². The molecule has 1 unspecified atom stereocenters. The highest BCUT2D eigenvalue weighted by molar-refractivity contribution is 6.30. The lowest BCUT2D eigenvalue weighted by atomic mass is 9.99. The number of pyridine rings is 1. The van der Waals surface area contributed by atoms with Crippen LogP contribution in [-0.2, 0) is 14.4 Å². The molecule has 204 valence electrons. The second-order valence-electron chi connectivity index (χ2n) is 10.1. The number of carbonyl (C=O) groups excluding carboxylic acids is 3. The highest BCUT2D eigenvalue weighted by Crippen LogP contribution is 2.33. The van der Waals surface area contributed by atoms with Crippen LogP contribution in [0.15, 0.2) is 66.9 Å². The first-order valence-corrected chi connectivity index (χ1v) is 13.9. The highest BCUT2D eigenvalue weighted by atomic mass is 35.5. The summed E-state index contributed by atoms with van der Waals surface area (Å²) >= 11 is 6.17. The Kier molecular flexibility index (Phi) is 9.71. The summed E-state index contributed by atoms with van der Waals surface area (Å²) in [7, 11) is 0. The third-order valence-electron chi connectivity index (χ3n) is 7.00. The highest BCUT2D eigenvalue weighted by Gasteiger charge is 2.34. The number of rotatable bonds is 10. The molecule has 0 bridgehead atoms. The molecule has 3 amide bonds. The molecule has 1 aliphatic carbocycles. The molecule has 1 heterocycles. The minimum atomic E-state index is -0.876. The van der Waals surface area contributed by atoms with Crippen LogP contribution in [0.5, 0.6) is 0 Å². The number of hydrogen-bond donors (Lipinski definition) is 2. The second kappa shape index (κ2) is 13.4. The maximum Gasteiger partial charge on any atom is 0.248 e. The van der Waals surface area contributed by atoms with Gasteiger partial charge in [-0.1, -0.05) is 60.3 Å². The van der Waals surface area contributed by atoms with Crippen LogP contribution in [0, 0.1) is 13.8 Å². The molecule has 1 fully saturated rings. The molecular weight excluding hydrogens is 512 g/mol. The monoisotopic (exact) mass is 546 g/mol. The molecule has 1 atom stereocenters. The minimum absolute atomic E-state index is 0.0960. The normalized spacial score (nSPS) is 14.0. The summed E-state index contributed by atoms with van der Waals surface area (Å²) < 4.78 is 0. The Bertz CT molecular complexity index is 1290. The summed E-state index contributed by atoms with van der Waals surface area (Å²) in [5.74, 6) is -0.190. The van der Waals surface area contributed by atoms with Gasteiger partial charge in [-0.2, -0.15) is 0 Å². The van der Waals surface area contributed by atoms with E-state index in [9.17, 15) is 14.4 Å². The summed E-state index contributed by atoms with van der Waals surface area (Å²) in [4.78, 5) is 45.9. The molecule has 1 aromatic heterocycles. The van der Waals surface area contributed by atoms with Gasteiger partial charge in [0.1, 0.15) is 11.9 Å². The van der Waals surface area contributed by atoms with Gasteiger partial charge in [-0.25, -0.2) is 4.98 Å². The van der Waals surface area contributed by atoms with Gasteiger partial charge < -0.3 is 10.6 Å². The van der Waals surface area contributed by atoms with E-state index < -0.39 is 6.04 Å². The molecule has 1 saturated carbocycles. The summed E-state index contributed by atoms with van der Waals surface area (Å²) in [6, 6.07) is 17.4. The van der Waals surface area contributed by atoms with Crippen LogP contribution in [0.25, 0.3) is 0 Å². The summed E-state index contributed by atoms with van der Waals surface area (Å²) in [6.07, 6.45) is 6.22. The van der Waals surface area contributed by atoms with Gasteiger partial charge in [0, 0.05) is 35.8 Å². The summed E-state index contributed by atoms with van der Waals surface area (Å²) in [5, 5.41) is 6.50. The fraction of sp³-hybridized carbons (Fsp3) is 0.355. The molecule has 2 aromatic carbocycles. The molecule has 2 N–H and O–H groups in total. The van der Waals surface area contributed by atoms with Gasteiger partial charge in [-0.3, -0.25) is 19.3 Å². The van der Waals surface area contributed by atoms with Crippen LogP contribution in [0.1, 0.15) is 67.7 Å². The van der Waals surface area contributed by atoms with Crippen molar-refractivity contribution in [3.63, 3.8) is 0 Å². The molecule has 7 nitrogen and oxygen atoms in total. The molecular formula is C31H35ClN4O3. The van der Waals surface area contributed by atoms with Gasteiger partial charge in [0.05, 0.1) is 0 Å². The molecule has 8 heteroatoms. The molecule has 0 radical (unpaired) electrons. The molecule has 0 saturated heterocycles. The smallest absolute Gasteiger partial charge is 0.248 e. The van der Waals surface area contributed by atoms with Crippen LogP contribution in [0.2, 0.25) is 5.02 Å². The van der Waals surface area contributed by atoms with E-state index in [2.05, 4.69) is 15.6 Å². The molecule has 0 spiro atoms. The van der Waals surface area contributed by atoms with Crippen molar-refractivity contribution in [1.82, 2.24) is 10.3 Å². The zero-order chi connectivity index (χ0) is 27.8. The van der Waals surface area contributed by atoms with Crippen molar-refractivity contribution >= 4 is 40.8 Å². The fourth-order valence-corrected chi connectivity index (χ4v) is 5.19. The van der Waals surface area contributed by atoms with Crippen molar-refractivity contribution in [2.24, 2.45) is 0 Å². The Morgan fingerprint density at radius 1 is 1.00 bits per heavy atom. The predicted octanol–water partition coefficient (Wildman–Crippen LogP) is 6.29. The largest absolute Gasteiger partial charge is 0.351 e. The maximum absolute atomic E-state index is 13.9. The number of halogens is 1. The fourth-order valence-electron chi connectivity index (χ4n) is 5.07. The van der Waals surface area contributed by atoms with Crippen molar-refractivity contribution < 1.29 is 14.4 Å². The number of carbonyl (C=O) groups is 3. The summed E-state index contributed by atoms with van der Waals surface area (Å²) in [6.45, 7) is 3.93. The number of anilines is 2. The number of aryl methyl sites for hydroxylation is 2. The molecule has 1 aliphatic rings. The zero-order valence-electron chi connectivity index (χ0n) is 22.5. The van der Waals surface area contributed by atoms with Crippen molar-refractivity contribution in [3.05, 3.63) is 88.6 Å². The van der Waals surface area contributed by atoms with E-state index in [1.165, 1.54) is 0 Å². The average molecular weight is 547 g/mol. The average Bonchev–Trinajstić information content (AvgIpc) is 3.42. The maximum atomic E-state index is 13.9. The lowest BCUT2D eigenvalue weighted by Crippen LogP contribution is -2.46. The molecule has 3 aromatic rings. The predicted molar refractivity (Wildman–Crippen MR) is 155 cm³/mol. The van der Waals surface area contributed by atoms with E-state index in [0.717, 1.165) is 36.8 Å². The van der Waals surface area contributed by atoms with Crippen LogP contribution in [0.3, 0.4) is 0 Å². The van der Waals surface area contributed by atoms with E-state index in [0.29, 0.717) is 28.5 Å². The van der Waals surface area contributed by atoms with Crippen molar-refractivity contribution in [2.75, 3.05) is 10.2 Å². The van der Waals surface area contributed by atoms with Gasteiger partial charge in [0.25, 0.3) is 0 Å². The third kappa shape index (κ3) is 7.67. The third-order valence-corrected chi connectivity index (χ3v) is 7.25. The van der Waals surface area contributed by atoms with Crippen LogP contribution in [0.4, 0.5) is 11.5 Å². The SMILES string of the molecule is Cc1ccc(N(C(=O)CCCC(=O)Nc2ccccn2)C(C(=O)NC2CCCC2)c2ccc(Cl)cc2)c(C)c1. The molecule has 39 heavy (non-hydrogen) atoms. The topological polar surface area (TPSA) is 91.4 Å². The van der Waals surface area contributed by atoms with Gasteiger partial charge >= 0.3 is 0 Å². The Balaban J connectivity index is 1.60. The van der Waals surface area contributed by atoms with Crippen molar-refractivity contribution in [3.8, 4) is 0 Å². The lowest BCUT2D eigenvalue weighted by Gasteiger charge is -2.33. The molecule has 4 rings (SSSR count). The quantitative estimate of drug-likeness (QED) is 0.312. The van der Waals surface area contributed by atoms with Crippen LogP contribution < -0.4 is 15.5 Å².